The fourth-order valence-corrected chi connectivity index (χ4v) is 2.86. The van der Waals surface area contributed by atoms with E-state index < -0.39 is 6.04 Å². The molecule has 2 unspecified atom stereocenters. The van der Waals surface area contributed by atoms with Gasteiger partial charge in [-0.25, -0.2) is 9.97 Å². The molecular weight excluding hydrogens is 302 g/mol. The molecule has 1 fully saturated rings. The van der Waals surface area contributed by atoms with Crippen molar-refractivity contribution in [2.75, 3.05) is 31.1 Å². The van der Waals surface area contributed by atoms with Crippen LogP contribution in [0.4, 0.5) is 5.82 Å². The van der Waals surface area contributed by atoms with Gasteiger partial charge in [-0.15, -0.1) is 0 Å². The van der Waals surface area contributed by atoms with Crippen LogP contribution < -0.4 is 10.6 Å². The van der Waals surface area contributed by atoms with Gasteiger partial charge in [-0.05, 0) is 12.8 Å². The van der Waals surface area contributed by atoms with Crippen molar-refractivity contribution in [2.45, 2.75) is 53.0 Å². The Morgan fingerprint density at radius 1 is 1.21 bits per heavy atom. The van der Waals surface area contributed by atoms with Crippen molar-refractivity contribution in [2.24, 2.45) is 11.7 Å². The molecule has 1 saturated heterocycles. The van der Waals surface area contributed by atoms with Crippen LogP contribution in [0, 0.1) is 12.8 Å². The summed E-state index contributed by atoms with van der Waals surface area (Å²) in [6.45, 7) is 13.3. The summed E-state index contributed by atoms with van der Waals surface area (Å²) in [5.74, 6) is 2.44. The number of nitrogens with two attached hydrogens (primary N) is 1. The zero-order valence-corrected chi connectivity index (χ0v) is 15.6. The van der Waals surface area contributed by atoms with E-state index in [2.05, 4.69) is 35.6 Å². The quantitative estimate of drug-likeness (QED) is 0.891. The summed E-state index contributed by atoms with van der Waals surface area (Å²) in [6, 6.07) is 1.63. The summed E-state index contributed by atoms with van der Waals surface area (Å²) in [4.78, 5) is 25.8. The van der Waals surface area contributed by atoms with E-state index in [0.29, 0.717) is 19.0 Å². The van der Waals surface area contributed by atoms with Crippen LogP contribution in [0.25, 0.3) is 0 Å². The van der Waals surface area contributed by atoms with Crippen LogP contribution in [0.15, 0.2) is 6.07 Å². The lowest BCUT2D eigenvalue weighted by Gasteiger charge is -2.37. The smallest absolute Gasteiger partial charge is 0.239 e. The molecule has 2 rings (SSSR count). The van der Waals surface area contributed by atoms with E-state index in [-0.39, 0.29) is 11.8 Å². The molecule has 1 aliphatic rings. The van der Waals surface area contributed by atoms with Gasteiger partial charge in [-0.2, -0.15) is 0 Å². The third kappa shape index (κ3) is 4.23. The molecule has 2 atom stereocenters. The molecule has 6 nitrogen and oxygen atoms in total. The van der Waals surface area contributed by atoms with Gasteiger partial charge in [0.1, 0.15) is 11.6 Å². The van der Waals surface area contributed by atoms with E-state index in [1.54, 1.807) is 0 Å². The van der Waals surface area contributed by atoms with Gasteiger partial charge in [-0.1, -0.05) is 34.1 Å². The number of hydrogen-bond donors (Lipinski definition) is 1. The van der Waals surface area contributed by atoms with Crippen LogP contribution in [0.5, 0.6) is 0 Å². The molecule has 0 bridgehead atoms. The number of aromatic nitrogens is 2. The average Bonchev–Trinajstić information content (AvgIpc) is 2.59. The molecule has 0 aromatic carbocycles. The Morgan fingerprint density at radius 3 is 2.38 bits per heavy atom. The molecule has 2 N–H and O–H groups in total. The first-order chi connectivity index (χ1) is 11.3. The Kier molecular flexibility index (Phi) is 6.15. The molecule has 1 aliphatic heterocycles. The van der Waals surface area contributed by atoms with Crippen molar-refractivity contribution in [3.63, 3.8) is 0 Å². The van der Waals surface area contributed by atoms with E-state index in [1.165, 1.54) is 0 Å². The minimum absolute atomic E-state index is 0.0748. The summed E-state index contributed by atoms with van der Waals surface area (Å²) in [5, 5.41) is 0. The summed E-state index contributed by atoms with van der Waals surface area (Å²) >= 11 is 0. The highest BCUT2D eigenvalue weighted by molar-refractivity contribution is 5.82. The van der Waals surface area contributed by atoms with Crippen LogP contribution in [-0.4, -0.2) is 53.0 Å². The molecule has 1 aromatic heterocycles. The molecule has 1 amide bonds. The largest absolute Gasteiger partial charge is 0.353 e. The second-order valence-electron chi connectivity index (χ2n) is 7.10. The maximum absolute atomic E-state index is 12.5. The van der Waals surface area contributed by atoms with E-state index in [9.17, 15) is 4.79 Å². The number of carbonyl (C=O) groups excluding carboxylic acids is 1. The predicted octanol–water partition coefficient (Wildman–Crippen LogP) is 1.93. The number of rotatable bonds is 5. The van der Waals surface area contributed by atoms with Gasteiger partial charge in [0, 0.05) is 43.9 Å². The molecule has 134 valence electrons. The first-order valence-corrected chi connectivity index (χ1v) is 8.98. The van der Waals surface area contributed by atoms with Gasteiger partial charge >= 0.3 is 0 Å². The number of anilines is 1. The summed E-state index contributed by atoms with van der Waals surface area (Å²) < 4.78 is 0. The van der Waals surface area contributed by atoms with Gasteiger partial charge < -0.3 is 15.5 Å². The molecular formula is C18H31N5O. The molecule has 0 spiro atoms. The standard InChI is InChI=1S/C18H31N5O/c1-6-13(4)16(19)18(24)23-9-7-22(8-10-23)15-11-14(5)20-17(21-15)12(2)3/h11-13,16H,6-10,19H2,1-5H3. The zero-order chi connectivity index (χ0) is 17.9. The monoisotopic (exact) mass is 333 g/mol. The zero-order valence-electron chi connectivity index (χ0n) is 15.6. The lowest BCUT2D eigenvalue weighted by atomic mass is 9.98. The number of piperazine rings is 1. The molecule has 0 saturated carbocycles. The number of nitrogens with zero attached hydrogens (tertiary/aromatic N) is 4. The third-order valence-electron chi connectivity index (χ3n) is 4.83. The van der Waals surface area contributed by atoms with Crippen molar-refractivity contribution in [1.82, 2.24) is 14.9 Å². The normalized spacial score (nSPS) is 18.0. The molecule has 0 aliphatic carbocycles. The van der Waals surface area contributed by atoms with Crippen molar-refractivity contribution in [3.05, 3.63) is 17.6 Å². The third-order valence-corrected chi connectivity index (χ3v) is 4.83. The molecule has 0 radical (unpaired) electrons. The van der Waals surface area contributed by atoms with Crippen LogP contribution in [0.1, 0.15) is 51.6 Å². The van der Waals surface area contributed by atoms with Gasteiger partial charge in [0.25, 0.3) is 0 Å². The Labute approximate surface area is 145 Å². The van der Waals surface area contributed by atoms with Gasteiger partial charge in [-0.3, -0.25) is 4.79 Å². The molecule has 2 heterocycles. The minimum Gasteiger partial charge on any atom is -0.353 e. The van der Waals surface area contributed by atoms with Gasteiger partial charge in [0.15, 0.2) is 0 Å². The SMILES string of the molecule is CCC(C)C(N)C(=O)N1CCN(c2cc(C)nc(C(C)C)n2)CC1. The van der Waals surface area contributed by atoms with Crippen molar-refractivity contribution < 1.29 is 4.79 Å². The maximum Gasteiger partial charge on any atom is 0.239 e. The van der Waals surface area contributed by atoms with Crippen molar-refractivity contribution >= 4 is 11.7 Å². The predicted molar refractivity (Wildman–Crippen MR) is 97.1 cm³/mol. The topological polar surface area (TPSA) is 75.4 Å². The molecule has 1 aromatic rings. The van der Waals surface area contributed by atoms with Crippen LogP contribution in [0.2, 0.25) is 0 Å². The Morgan fingerprint density at radius 2 is 1.83 bits per heavy atom. The van der Waals surface area contributed by atoms with E-state index in [1.807, 2.05) is 24.8 Å². The Bertz CT molecular complexity index is 567. The Balaban J connectivity index is 2.01. The fraction of sp³-hybridized carbons (Fsp3) is 0.722. The number of carbonyl (C=O) groups is 1. The summed E-state index contributed by atoms with van der Waals surface area (Å²) in [5.41, 5.74) is 7.08. The maximum atomic E-state index is 12.5. The van der Waals surface area contributed by atoms with E-state index >= 15 is 0 Å². The lowest BCUT2D eigenvalue weighted by molar-refractivity contribution is -0.134. The molecule has 24 heavy (non-hydrogen) atoms. The lowest BCUT2D eigenvalue weighted by Crippen LogP contribution is -2.54. The second-order valence-corrected chi connectivity index (χ2v) is 7.10. The highest BCUT2D eigenvalue weighted by atomic mass is 16.2. The highest BCUT2D eigenvalue weighted by Gasteiger charge is 2.28. The van der Waals surface area contributed by atoms with Gasteiger partial charge in [0.05, 0.1) is 6.04 Å². The van der Waals surface area contributed by atoms with E-state index in [0.717, 1.165) is 36.8 Å². The molecule has 6 heteroatoms. The number of amides is 1. The average molecular weight is 333 g/mol. The van der Waals surface area contributed by atoms with Gasteiger partial charge in [0.2, 0.25) is 5.91 Å². The number of hydrogen-bond acceptors (Lipinski definition) is 5. The van der Waals surface area contributed by atoms with Crippen LogP contribution in [0.3, 0.4) is 0 Å². The van der Waals surface area contributed by atoms with Crippen LogP contribution >= 0.6 is 0 Å². The fourth-order valence-electron chi connectivity index (χ4n) is 2.86. The highest BCUT2D eigenvalue weighted by Crippen LogP contribution is 2.19. The van der Waals surface area contributed by atoms with E-state index in [4.69, 9.17) is 5.73 Å². The minimum atomic E-state index is -0.393. The first kappa shape index (κ1) is 18.6. The van der Waals surface area contributed by atoms with Crippen LogP contribution in [-0.2, 0) is 4.79 Å². The number of aryl methyl sites for hydroxylation is 1. The first-order valence-electron chi connectivity index (χ1n) is 8.98. The van der Waals surface area contributed by atoms with Crippen molar-refractivity contribution in [3.8, 4) is 0 Å². The Hall–Kier alpha value is -1.69. The second kappa shape index (κ2) is 7.92. The summed E-state index contributed by atoms with van der Waals surface area (Å²) in [6.07, 6.45) is 0.922. The van der Waals surface area contributed by atoms with Crippen molar-refractivity contribution in [1.29, 1.82) is 0 Å². The summed E-state index contributed by atoms with van der Waals surface area (Å²) in [7, 11) is 0.